The third-order valence-electron chi connectivity index (χ3n) is 4.84. The Labute approximate surface area is 165 Å². The summed E-state index contributed by atoms with van der Waals surface area (Å²) in [4.78, 5) is 26.4. The van der Waals surface area contributed by atoms with Gasteiger partial charge in [-0.05, 0) is 36.8 Å². The Morgan fingerprint density at radius 2 is 1.89 bits per heavy atom. The molecule has 6 heteroatoms. The number of carbonyl (C=O) groups is 2. The predicted molar refractivity (Wildman–Crippen MR) is 107 cm³/mol. The largest absolute Gasteiger partial charge is 0.489 e. The zero-order chi connectivity index (χ0) is 19.9. The maximum absolute atomic E-state index is 12.5. The van der Waals surface area contributed by atoms with E-state index < -0.39 is 0 Å². The Hall–Kier alpha value is -2.86. The number of hydrogen-bond donors (Lipinski definition) is 1. The molecule has 0 spiro atoms. The summed E-state index contributed by atoms with van der Waals surface area (Å²) in [5.41, 5.74) is 1.78. The molecule has 0 saturated carbocycles. The molecule has 2 unspecified atom stereocenters. The van der Waals surface area contributed by atoms with E-state index in [2.05, 4.69) is 5.32 Å². The van der Waals surface area contributed by atoms with E-state index in [0.29, 0.717) is 25.4 Å². The van der Waals surface area contributed by atoms with Crippen molar-refractivity contribution >= 4 is 17.5 Å². The fourth-order valence-corrected chi connectivity index (χ4v) is 3.28. The van der Waals surface area contributed by atoms with Gasteiger partial charge in [0.05, 0.1) is 18.6 Å². The van der Waals surface area contributed by atoms with Crippen molar-refractivity contribution in [3.63, 3.8) is 0 Å². The summed E-state index contributed by atoms with van der Waals surface area (Å²) < 4.78 is 10.9. The zero-order valence-electron chi connectivity index (χ0n) is 16.3. The molecule has 3 rings (SSSR count). The van der Waals surface area contributed by atoms with Gasteiger partial charge in [0.2, 0.25) is 11.8 Å². The maximum Gasteiger partial charge on any atom is 0.229 e. The molecule has 2 aromatic rings. The van der Waals surface area contributed by atoms with Crippen LogP contribution in [0.2, 0.25) is 0 Å². The molecule has 6 nitrogen and oxygen atoms in total. The van der Waals surface area contributed by atoms with Crippen LogP contribution in [0.4, 0.5) is 5.69 Å². The van der Waals surface area contributed by atoms with Crippen molar-refractivity contribution in [2.24, 2.45) is 5.92 Å². The van der Waals surface area contributed by atoms with Crippen molar-refractivity contribution in [2.75, 3.05) is 25.6 Å². The van der Waals surface area contributed by atoms with Gasteiger partial charge in [0.15, 0.2) is 0 Å². The minimum Gasteiger partial charge on any atom is -0.489 e. The number of ether oxygens (including phenoxy) is 2. The van der Waals surface area contributed by atoms with Crippen molar-refractivity contribution in [1.29, 1.82) is 0 Å². The van der Waals surface area contributed by atoms with Crippen molar-refractivity contribution in [3.05, 3.63) is 60.2 Å². The minimum atomic E-state index is -0.346. The summed E-state index contributed by atoms with van der Waals surface area (Å²) in [6.07, 6.45) is 0.234. The first-order valence-electron chi connectivity index (χ1n) is 9.43. The lowest BCUT2D eigenvalue weighted by atomic mass is 10.1. The molecule has 1 aliphatic rings. The molecule has 1 heterocycles. The lowest BCUT2D eigenvalue weighted by Gasteiger charge is -2.23. The standard InChI is InChI=1S/C22H26N2O4/c1-16(14-27-2)24-13-18(12-21(24)25)22(26)23-19-8-10-20(11-9-19)28-15-17-6-4-3-5-7-17/h3-11,16,18H,12-15H2,1-2H3,(H,23,26). The normalized spacial score (nSPS) is 17.4. The number of hydrogen-bond acceptors (Lipinski definition) is 4. The van der Waals surface area contributed by atoms with Crippen LogP contribution in [0, 0.1) is 5.92 Å². The summed E-state index contributed by atoms with van der Waals surface area (Å²) in [6.45, 7) is 3.31. The van der Waals surface area contributed by atoms with Gasteiger partial charge in [0, 0.05) is 25.8 Å². The average Bonchev–Trinajstić information content (AvgIpc) is 3.10. The molecule has 0 radical (unpaired) electrons. The highest BCUT2D eigenvalue weighted by Gasteiger charge is 2.36. The van der Waals surface area contributed by atoms with Crippen LogP contribution in [0.5, 0.6) is 5.75 Å². The van der Waals surface area contributed by atoms with E-state index in [0.717, 1.165) is 11.3 Å². The van der Waals surface area contributed by atoms with Gasteiger partial charge in [-0.3, -0.25) is 9.59 Å². The molecule has 2 atom stereocenters. The molecule has 28 heavy (non-hydrogen) atoms. The Balaban J connectivity index is 1.51. The number of amides is 2. The van der Waals surface area contributed by atoms with E-state index in [1.54, 1.807) is 24.1 Å². The van der Waals surface area contributed by atoms with E-state index in [-0.39, 0.29) is 30.2 Å². The van der Waals surface area contributed by atoms with Gasteiger partial charge in [-0.25, -0.2) is 0 Å². The summed E-state index contributed by atoms with van der Waals surface area (Å²) in [5, 5.41) is 2.89. The van der Waals surface area contributed by atoms with Crippen molar-refractivity contribution in [2.45, 2.75) is 26.0 Å². The van der Waals surface area contributed by atoms with Gasteiger partial charge < -0.3 is 19.7 Å². The van der Waals surface area contributed by atoms with Crippen molar-refractivity contribution in [1.82, 2.24) is 4.90 Å². The van der Waals surface area contributed by atoms with Crippen LogP contribution in [0.15, 0.2) is 54.6 Å². The predicted octanol–water partition coefficient (Wildman–Crippen LogP) is 3.09. The van der Waals surface area contributed by atoms with E-state index in [1.807, 2.05) is 49.4 Å². The third kappa shape index (κ3) is 5.10. The number of methoxy groups -OCH3 is 1. The molecule has 1 fully saturated rings. The van der Waals surface area contributed by atoms with E-state index >= 15 is 0 Å². The number of carbonyl (C=O) groups excluding carboxylic acids is 2. The second-order valence-corrected chi connectivity index (χ2v) is 7.04. The van der Waals surface area contributed by atoms with Gasteiger partial charge in [0.25, 0.3) is 0 Å². The minimum absolute atomic E-state index is 0.00522. The van der Waals surface area contributed by atoms with Crippen LogP contribution in [0.25, 0.3) is 0 Å². The molecule has 0 aliphatic carbocycles. The summed E-state index contributed by atoms with van der Waals surface area (Å²) >= 11 is 0. The third-order valence-corrected chi connectivity index (χ3v) is 4.84. The van der Waals surface area contributed by atoms with Crippen LogP contribution < -0.4 is 10.1 Å². The highest BCUT2D eigenvalue weighted by atomic mass is 16.5. The molecule has 148 valence electrons. The number of rotatable bonds is 8. The maximum atomic E-state index is 12.5. The molecule has 2 aromatic carbocycles. The van der Waals surface area contributed by atoms with E-state index in [9.17, 15) is 9.59 Å². The molecule has 0 aromatic heterocycles. The highest BCUT2D eigenvalue weighted by molar-refractivity contribution is 5.97. The number of nitrogens with one attached hydrogen (secondary N) is 1. The van der Waals surface area contributed by atoms with Crippen LogP contribution in [-0.4, -0.2) is 43.0 Å². The van der Waals surface area contributed by atoms with Crippen LogP contribution in [-0.2, 0) is 20.9 Å². The Kier molecular flexibility index (Phi) is 6.66. The van der Waals surface area contributed by atoms with Gasteiger partial charge in [-0.1, -0.05) is 30.3 Å². The molecule has 0 bridgehead atoms. The molecule has 1 aliphatic heterocycles. The van der Waals surface area contributed by atoms with Crippen LogP contribution in [0.3, 0.4) is 0 Å². The Bertz CT molecular complexity index is 792. The number of likely N-dealkylation sites (tertiary alicyclic amines) is 1. The monoisotopic (exact) mass is 382 g/mol. The first-order chi connectivity index (χ1) is 13.6. The second kappa shape index (κ2) is 9.37. The zero-order valence-corrected chi connectivity index (χ0v) is 16.3. The number of anilines is 1. The van der Waals surface area contributed by atoms with Gasteiger partial charge in [0.1, 0.15) is 12.4 Å². The summed E-state index contributed by atoms with van der Waals surface area (Å²) in [7, 11) is 1.61. The molecular weight excluding hydrogens is 356 g/mol. The van der Waals surface area contributed by atoms with E-state index in [4.69, 9.17) is 9.47 Å². The first-order valence-corrected chi connectivity index (χ1v) is 9.43. The molecule has 1 N–H and O–H groups in total. The number of benzene rings is 2. The fourth-order valence-electron chi connectivity index (χ4n) is 3.28. The van der Waals surface area contributed by atoms with Crippen LogP contribution >= 0.6 is 0 Å². The van der Waals surface area contributed by atoms with Gasteiger partial charge in [-0.2, -0.15) is 0 Å². The average molecular weight is 382 g/mol. The second-order valence-electron chi connectivity index (χ2n) is 7.04. The van der Waals surface area contributed by atoms with Crippen molar-refractivity contribution < 1.29 is 19.1 Å². The lowest BCUT2D eigenvalue weighted by molar-refractivity contribution is -0.130. The summed E-state index contributed by atoms with van der Waals surface area (Å²) in [6, 6.07) is 17.2. The SMILES string of the molecule is COCC(C)N1CC(C(=O)Nc2ccc(OCc3ccccc3)cc2)CC1=O. The Morgan fingerprint density at radius 3 is 2.57 bits per heavy atom. The van der Waals surface area contributed by atoms with Crippen LogP contribution in [0.1, 0.15) is 18.9 Å². The topological polar surface area (TPSA) is 67.9 Å². The fraction of sp³-hybridized carbons (Fsp3) is 0.364. The quantitative estimate of drug-likeness (QED) is 0.762. The van der Waals surface area contributed by atoms with Gasteiger partial charge >= 0.3 is 0 Å². The lowest BCUT2D eigenvalue weighted by Crippen LogP contribution is -2.38. The first kappa shape index (κ1) is 19.9. The highest BCUT2D eigenvalue weighted by Crippen LogP contribution is 2.23. The molecule has 1 saturated heterocycles. The smallest absolute Gasteiger partial charge is 0.229 e. The Morgan fingerprint density at radius 1 is 1.18 bits per heavy atom. The molecule has 2 amide bonds. The summed E-state index contributed by atoms with van der Waals surface area (Å²) in [5.74, 6) is 0.242. The van der Waals surface area contributed by atoms with E-state index in [1.165, 1.54) is 0 Å². The number of nitrogens with zero attached hydrogens (tertiary/aromatic N) is 1. The van der Waals surface area contributed by atoms with Crippen molar-refractivity contribution in [3.8, 4) is 5.75 Å². The molecular formula is C22H26N2O4. The van der Waals surface area contributed by atoms with Gasteiger partial charge in [-0.15, -0.1) is 0 Å².